The highest BCUT2D eigenvalue weighted by molar-refractivity contribution is 5.95. The number of aryl methyl sites for hydroxylation is 1. The van der Waals surface area contributed by atoms with Gasteiger partial charge in [0.2, 0.25) is 5.91 Å². The van der Waals surface area contributed by atoms with E-state index in [-0.39, 0.29) is 17.8 Å². The maximum absolute atomic E-state index is 13.1. The zero-order valence-electron chi connectivity index (χ0n) is 14.2. The van der Waals surface area contributed by atoms with E-state index in [0.717, 1.165) is 30.6 Å². The molecule has 0 fully saturated rings. The van der Waals surface area contributed by atoms with Crippen LogP contribution in [0.3, 0.4) is 0 Å². The number of carbonyl (C=O) groups is 1. The van der Waals surface area contributed by atoms with Gasteiger partial charge < -0.3 is 4.90 Å². The average molecular weight is 326 g/mol. The molecule has 0 aromatic heterocycles. The molecule has 0 aliphatic carbocycles. The van der Waals surface area contributed by atoms with Crippen molar-refractivity contribution in [2.24, 2.45) is 0 Å². The van der Waals surface area contributed by atoms with Crippen molar-refractivity contribution < 1.29 is 9.18 Å². The monoisotopic (exact) mass is 326 g/mol. The Morgan fingerprint density at radius 2 is 1.92 bits per heavy atom. The Bertz CT molecular complexity index is 714. The summed E-state index contributed by atoms with van der Waals surface area (Å²) in [7, 11) is 1.93. The predicted molar refractivity (Wildman–Crippen MR) is 94.6 cm³/mol. The van der Waals surface area contributed by atoms with Crippen LogP contribution in [0.2, 0.25) is 0 Å². The van der Waals surface area contributed by atoms with E-state index in [1.807, 2.05) is 42.0 Å². The summed E-state index contributed by atoms with van der Waals surface area (Å²) in [6, 6.07) is 14.6. The summed E-state index contributed by atoms with van der Waals surface area (Å²) < 4.78 is 13.1. The highest BCUT2D eigenvalue weighted by Crippen LogP contribution is 2.27. The normalized spacial score (nSPS) is 15.2. The van der Waals surface area contributed by atoms with Gasteiger partial charge in [-0.15, -0.1) is 0 Å². The minimum atomic E-state index is -0.241. The number of rotatable bonds is 4. The number of amides is 1. The molecule has 0 N–H and O–H groups in total. The molecule has 2 aromatic rings. The third-order valence-electron chi connectivity index (χ3n) is 4.81. The highest BCUT2D eigenvalue weighted by Gasteiger charge is 2.24. The molecule has 0 saturated carbocycles. The summed E-state index contributed by atoms with van der Waals surface area (Å²) >= 11 is 0. The van der Waals surface area contributed by atoms with Crippen LogP contribution in [0.25, 0.3) is 0 Å². The Labute approximate surface area is 142 Å². The fraction of sp³-hybridized carbons (Fsp3) is 0.350. The molecule has 0 spiro atoms. The molecule has 126 valence electrons. The summed E-state index contributed by atoms with van der Waals surface area (Å²) in [5.74, 6) is -0.131. The van der Waals surface area contributed by atoms with Gasteiger partial charge in [-0.3, -0.25) is 9.69 Å². The summed E-state index contributed by atoms with van der Waals surface area (Å²) in [5.41, 5.74) is 3.29. The quantitative estimate of drug-likeness (QED) is 0.853. The fourth-order valence-electron chi connectivity index (χ4n) is 3.22. The Morgan fingerprint density at radius 1 is 1.21 bits per heavy atom. The minimum Gasteiger partial charge on any atom is -0.311 e. The van der Waals surface area contributed by atoms with Crippen molar-refractivity contribution in [3.8, 4) is 0 Å². The number of hydrogen-bond acceptors (Lipinski definition) is 2. The van der Waals surface area contributed by atoms with Gasteiger partial charge in [0.1, 0.15) is 5.82 Å². The number of nitrogens with zero attached hydrogens (tertiary/aromatic N) is 2. The molecule has 0 radical (unpaired) electrons. The molecule has 1 aliphatic heterocycles. The Morgan fingerprint density at radius 3 is 2.67 bits per heavy atom. The summed E-state index contributed by atoms with van der Waals surface area (Å²) in [5, 5.41) is 0. The molecular formula is C20H23FN2O. The molecule has 24 heavy (non-hydrogen) atoms. The molecule has 1 unspecified atom stereocenters. The molecule has 1 atom stereocenters. The Hall–Kier alpha value is -2.20. The number of fused-ring (bicyclic) bond motifs is 1. The summed E-state index contributed by atoms with van der Waals surface area (Å²) in [4.78, 5) is 16.7. The molecule has 3 rings (SSSR count). The van der Waals surface area contributed by atoms with E-state index in [9.17, 15) is 9.18 Å². The van der Waals surface area contributed by atoms with Crippen LogP contribution in [0.4, 0.5) is 10.1 Å². The van der Waals surface area contributed by atoms with Crippen molar-refractivity contribution in [3.05, 3.63) is 65.5 Å². The zero-order valence-corrected chi connectivity index (χ0v) is 14.2. The summed E-state index contributed by atoms with van der Waals surface area (Å²) in [6.45, 7) is 3.15. The average Bonchev–Trinajstić information content (AvgIpc) is 2.61. The van der Waals surface area contributed by atoms with Gasteiger partial charge in [-0.05, 0) is 56.1 Å². The molecule has 1 aliphatic rings. The maximum atomic E-state index is 13.1. The first-order valence-corrected chi connectivity index (χ1v) is 8.40. The lowest BCUT2D eigenvalue weighted by atomic mass is 10.0. The minimum absolute atomic E-state index is 0.0505. The molecule has 1 heterocycles. The van der Waals surface area contributed by atoms with Crippen LogP contribution in [-0.4, -0.2) is 30.9 Å². The van der Waals surface area contributed by atoms with Crippen molar-refractivity contribution in [1.82, 2.24) is 4.90 Å². The van der Waals surface area contributed by atoms with Crippen molar-refractivity contribution in [3.63, 3.8) is 0 Å². The molecule has 0 bridgehead atoms. The predicted octanol–water partition coefficient (Wildman–Crippen LogP) is 3.80. The van der Waals surface area contributed by atoms with Crippen LogP contribution in [0, 0.1) is 5.82 Å². The van der Waals surface area contributed by atoms with Gasteiger partial charge in [0, 0.05) is 18.3 Å². The molecule has 3 nitrogen and oxygen atoms in total. The first-order valence-electron chi connectivity index (χ1n) is 8.40. The standard InChI is InChI=1S/C20H23FN2O/c1-15(16-9-11-18(21)12-10-16)22(2)14-20(24)23-13-5-7-17-6-3-4-8-19(17)23/h3-4,6,8-12,15H,5,7,13-14H2,1-2H3. The van der Waals surface area contributed by atoms with Crippen LogP contribution >= 0.6 is 0 Å². The van der Waals surface area contributed by atoms with Crippen LogP contribution < -0.4 is 4.90 Å². The molecule has 4 heteroatoms. The lowest BCUT2D eigenvalue weighted by Crippen LogP contribution is -2.42. The Kier molecular flexibility index (Phi) is 4.95. The van der Waals surface area contributed by atoms with Crippen molar-refractivity contribution >= 4 is 11.6 Å². The molecule has 2 aromatic carbocycles. The van der Waals surface area contributed by atoms with Crippen LogP contribution in [0.15, 0.2) is 48.5 Å². The van der Waals surface area contributed by atoms with Gasteiger partial charge in [-0.25, -0.2) is 4.39 Å². The zero-order chi connectivity index (χ0) is 17.1. The third kappa shape index (κ3) is 3.49. The SMILES string of the molecule is CC(c1ccc(F)cc1)N(C)CC(=O)N1CCCc2ccccc21. The first-order chi connectivity index (χ1) is 11.6. The number of likely N-dealkylation sites (N-methyl/N-ethyl adjacent to an activating group) is 1. The van der Waals surface area contributed by atoms with E-state index in [4.69, 9.17) is 0 Å². The number of benzene rings is 2. The molecule has 0 saturated heterocycles. The Balaban J connectivity index is 1.69. The van der Waals surface area contributed by atoms with E-state index < -0.39 is 0 Å². The van der Waals surface area contributed by atoms with Crippen molar-refractivity contribution in [1.29, 1.82) is 0 Å². The van der Waals surface area contributed by atoms with Crippen LogP contribution in [0.1, 0.15) is 30.5 Å². The summed E-state index contributed by atoms with van der Waals surface area (Å²) in [6.07, 6.45) is 2.03. The highest BCUT2D eigenvalue weighted by atomic mass is 19.1. The van der Waals surface area contributed by atoms with E-state index >= 15 is 0 Å². The lowest BCUT2D eigenvalue weighted by Gasteiger charge is -2.32. The van der Waals surface area contributed by atoms with Gasteiger partial charge >= 0.3 is 0 Å². The second-order valence-electron chi connectivity index (χ2n) is 6.42. The van der Waals surface area contributed by atoms with Gasteiger partial charge in [-0.1, -0.05) is 30.3 Å². The maximum Gasteiger partial charge on any atom is 0.241 e. The van der Waals surface area contributed by atoms with Crippen molar-refractivity contribution in [2.45, 2.75) is 25.8 Å². The van der Waals surface area contributed by atoms with Gasteiger partial charge in [0.25, 0.3) is 0 Å². The number of para-hydroxylation sites is 1. The van der Waals surface area contributed by atoms with E-state index in [1.165, 1.54) is 17.7 Å². The lowest BCUT2D eigenvalue weighted by molar-refractivity contribution is -0.120. The first kappa shape index (κ1) is 16.7. The number of halogens is 1. The van der Waals surface area contributed by atoms with Gasteiger partial charge in [0.15, 0.2) is 0 Å². The molecule has 1 amide bonds. The van der Waals surface area contributed by atoms with E-state index in [1.54, 1.807) is 12.1 Å². The topological polar surface area (TPSA) is 23.6 Å². The van der Waals surface area contributed by atoms with Crippen LogP contribution in [0.5, 0.6) is 0 Å². The molecular weight excluding hydrogens is 303 g/mol. The van der Waals surface area contributed by atoms with Crippen LogP contribution in [-0.2, 0) is 11.2 Å². The van der Waals surface area contributed by atoms with Gasteiger partial charge in [-0.2, -0.15) is 0 Å². The van der Waals surface area contributed by atoms with E-state index in [2.05, 4.69) is 6.07 Å². The largest absolute Gasteiger partial charge is 0.311 e. The number of anilines is 1. The smallest absolute Gasteiger partial charge is 0.241 e. The third-order valence-corrected chi connectivity index (χ3v) is 4.81. The second kappa shape index (κ2) is 7.14. The van der Waals surface area contributed by atoms with Gasteiger partial charge in [0.05, 0.1) is 6.54 Å². The number of carbonyl (C=O) groups excluding carboxylic acids is 1. The fourth-order valence-corrected chi connectivity index (χ4v) is 3.22. The van der Waals surface area contributed by atoms with Crippen molar-refractivity contribution in [2.75, 3.05) is 25.0 Å². The number of hydrogen-bond donors (Lipinski definition) is 0. The van der Waals surface area contributed by atoms with E-state index in [0.29, 0.717) is 6.54 Å². The second-order valence-corrected chi connectivity index (χ2v) is 6.42.